The van der Waals surface area contributed by atoms with Crippen LogP contribution in [0.15, 0.2) is 36.7 Å². The van der Waals surface area contributed by atoms with Crippen LogP contribution >= 0.6 is 11.6 Å². The lowest BCUT2D eigenvalue weighted by molar-refractivity contribution is -0.150. The summed E-state index contributed by atoms with van der Waals surface area (Å²) in [6.07, 6.45) is 4.39. The molecule has 6 nitrogen and oxygen atoms in total. The van der Waals surface area contributed by atoms with Gasteiger partial charge < -0.3 is 10.0 Å². The number of aromatic nitrogens is 2. The summed E-state index contributed by atoms with van der Waals surface area (Å²) in [6, 6.07) is 7.17. The smallest absolute Gasteiger partial charge is 0.311 e. The zero-order chi connectivity index (χ0) is 17.3. The largest absolute Gasteiger partial charge is 0.481 e. The molecule has 1 fully saturated rings. The molecule has 1 N–H and O–H groups in total. The lowest BCUT2D eigenvalue weighted by Crippen LogP contribution is -2.48. The van der Waals surface area contributed by atoms with Gasteiger partial charge in [-0.1, -0.05) is 17.7 Å². The number of benzene rings is 1. The minimum Gasteiger partial charge on any atom is -0.481 e. The molecule has 1 aliphatic heterocycles. The highest BCUT2D eigenvalue weighted by Crippen LogP contribution is 2.30. The zero-order valence-electron chi connectivity index (χ0n) is 13.3. The molecule has 1 unspecified atom stereocenters. The minimum atomic E-state index is -0.892. The molecule has 0 spiro atoms. The first-order valence-corrected chi connectivity index (χ1v) is 8.10. The van der Waals surface area contributed by atoms with Crippen LogP contribution in [0.2, 0.25) is 5.02 Å². The van der Waals surface area contributed by atoms with Gasteiger partial charge in [-0.05, 0) is 38.0 Å². The number of aliphatic carboxylic acids is 1. The monoisotopic (exact) mass is 347 g/mol. The second kappa shape index (κ2) is 6.28. The first kappa shape index (κ1) is 16.5. The lowest BCUT2D eigenvalue weighted by atomic mass is 9.82. The number of carbonyl (C=O) groups excluding carboxylic acids is 1. The molecule has 0 bridgehead atoms. The van der Waals surface area contributed by atoms with Crippen LogP contribution in [0.1, 0.15) is 30.1 Å². The van der Waals surface area contributed by atoms with Crippen molar-refractivity contribution in [2.24, 2.45) is 5.41 Å². The molecule has 2 heterocycles. The predicted molar refractivity (Wildman–Crippen MR) is 89.5 cm³/mol. The van der Waals surface area contributed by atoms with Gasteiger partial charge in [0.2, 0.25) is 0 Å². The topological polar surface area (TPSA) is 75.4 Å². The van der Waals surface area contributed by atoms with E-state index in [1.807, 2.05) is 12.1 Å². The predicted octanol–water partition coefficient (Wildman–Crippen LogP) is 2.85. The highest BCUT2D eigenvalue weighted by atomic mass is 35.5. The summed E-state index contributed by atoms with van der Waals surface area (Å²) in [7, 11) is 0. The van der Waals surface area contributed by atoms with Gasteiger partial charge in [0.1, 0.15) is 0 Å². The Hall–Kier alpha value is -2.34. The maximum Gasteiger partial charge on any atom is 0.311 e. The van der Waals surface area contributed by atoms with E-state index >= 15 is 0 Å². The van der Waals surface area contributed by atoms with Gasteiger partial charge in [-0.3, -0.25) is 9.59 Å². The summed E-state index contributed by atoms with van der Waals surface area (Å²) in [4.78, 5) is 25.7. The summed E-state index contributed by atoms with van der Waals surface area (Å²) >= 11 is 5.97. The molecule has 1 aliphatic rings. The van der Waals surface area contributed by atoms with Gasteiger partial charge in [0.15, 0.2) is 0 Å². The van der Waals surface area contributed by atoms with Gasteiger partial charge in [0.05, 0.1) is 22.9 Å². The van der Waals surface area contributed by atoms with Gasteiger partial charge >= 0.3 is 5.97 Å². The molecule has 2 aromatic rings. The van der Waals surface area contributed by atoms with Crippen LogP contribution in [0.3, 0.4) is 0 Å². The van der Waals surface area contributed by atoms with Crippen molar-refractivity contribution in [1.82, 2.24) is 14.7 Å². The van der Waals surface area contributed by atoms with E-state index < -0.39 is 11.4 Å². The van der Waals surface area contributed by atoms with Crippen molar-refractivity contribution >= 4 is 23.5 Å². The summed E-state index contributed by atoms with van der Waals surface area (Å²) in [5.41, 5.74) is 0.303. The molecular formula is C17H18ClN3O3. The second-order valence-electron chi connectivity index (χ2n) is 6.35. The molecule has 1 aromatic heterocycles. The van der Waals surface area contributed by atoms with Crippen LogP contribution in [-0.4, -0.2) is 44.8 Å². The van der Waals surface area contributed by atoms with E-state index in [1.165, 1.54) is 6.20 Å². The van der Waals surface area contributed by atoms with Crippen molar-refractivity contribution in [2.45, 2.75) is 19.8 Å². The Morgan fingerprint density at radius 2 is 2.17 bits per heavy atom. The van der Waals surface area contributed by atoms with Crippen LogP contribution < -0.4 is 0 Å². The highest BCUT2D eigenvalue weighted by molar-refractivity contribution is 6.30. The summed E-state index contributed by atoms with van der Waals surface area (Å²) in [5, 5.41) is 14.2. The van der Waals surface area contributed by atoms with Gasteiger partial charge in [0, 0.05) is 24.3 Å². The Morgan fingerprint density at radius 1 is 1.38 bits per heavy atom. The Bertz CT molecular complexity index is 789. The average molecular weight is 348 g/mol. The van der Waals surface area contributed by atoms with Crippen LogP contribution in [0.5, 0.6) is 0 Å². The second-order valence-corrected chi connectivity index (χ2v) is 6.79. The third kappa shape index (κ3) is 3.14. The van der Waals surface area contributed by atoms with Crippen LogP contribution in [-0.2, 0) is 4.79 Å². The molecular weight excluding hydrogens is 330 g/mol. The van der Waals surface area contributed by atoms with Crippen molar-refractivity contribution in [1.29, 1.82) is 0 Å². The number of carboxylic acid groups (broad SMARTS) is 1. The molecule has 126 valence electrons. The van der Waals surface area contributed by atoms with Crippen molar-refractivity contribution in [2.75, 3.05) is 13.1 Å². The quantitative estimate of drug-likeness (QED) is 0.926. The van der Waals surface area contributed by atoms with Gasteiger partial charge in [-0.2, -0.15) is 5.10 Å². The van der Waals surface area contributed by atoms with Crippen molar-refractivity contribution in [3.05, 3.63) is 47.2 Å². The maximum absolute atomic E-state index is 12.7. The SMILES string of the molecule is CC1(C(=O)O)CCCN(C(=O)c2cnn(-c3cccc(Cl)c3)c2)C1. The number of amides is 1. The summed E-state index contributed by atoms with van der Waals surface area (Å²) in [6.45, 7) is 2.46. The molecule has 3 rings (SSSR count). The molecule has 7 heteroatoms. The zero-order valence-corrected chi connectivity index (χ0v) is 14.0. The number of rotatable bonds is 3. The van der Waals surface area contributed by atoms with Crippen LogP contribution in [0, 0.1) is 5.41 Å². The lowest BCUT2D eigenvalue weighted by Gasteiger charge is -2.37. The normalized spacial score (nSPS) is 20.8. The number of halogens is 1. The molecule has 0 radical (unpaired) electrons. The molecule has 1 amide bonds. The fourth-order valence-corrected chi connectivity index (χ4v) is 3.15. The summed E-state index contributed by atoms with van der Waals surface area (Å²) in [5.74, 6) is -1.06. The number of piperidine rings is 1. The minimum absolute atomic E-state index is 0.199. The van der Waals surface area contributed by atoms with E-state index in [-0.39, 0.29) is 12.5 Å². The maximum atomic E-state index is 12.7. The van der Waals surface area contributed by atoms with Crippen molar-refractivity contribution in [3.63, 3.8) is 0 Å². The number of likely N-dealkylation sites (tertiary alicyclic amines) is 1. The van der Waals surface area contributed by atoms with Crippen LogP contribution in [0.25, 0.3) is 5.69 Å². The Kier molecular flexibility index (Phi) is 4.32. The van der Waals surface area contributed by atoms with Crippen molar-refractivity contribution < 1.29 is 14.7 Å². The average Bonchev–Trinajstić information content (AvgIpc) is 3.04. The van der Waals surface area contributed by atoms with E-state index in [1.54, 1.807) is 34.8 Å². The Labute approximate surface area is 144 Å². The molecule has 1 saturated heterocycles. The van der Waals surface area contributed by atoms with E-state index in [0.29, 0.717) is 30.0 Å². The molecule has 0 saturated carbocycles. The fraction of sp³-hybridized carbons (Fsp3) is 0.353. The number of nitrogens with zero attached hydrogens (tertiary/aromatic N) is 3. The van der Waals surface area contributed by atoms with E-state index in [9.17, 15) is 14.7 Å². The highest BCUT2D eigenvalue weighted by Gasteiger charge is 2.39. The molecule has 24 heavy (non-hydrogen) atoms. The van der Waals surface area contributed by atoms with Crippen LogP contribution in [0.4, 0.5) is 0 Å². The van der Waals surface area contributed by atoms with E-state index in [0.717, 1.165) is 5.69 Å². The van der Waals surface area contributed by atoms with Crippen molar-refractivity contribution in [3.8, 4) is 5.69 Å². The summed E-state index contributed by atoms with van der Waals surface area (Å²) < 4.78 is 1.58. The Balaban J connectivity index is 1.80. The van der Waals surface area contributed by atoms with Gasteiger partial charge in [0.25, 0.3) is 5.91 Å². The fourth-order valence-electron chi connectivity index (χ4n) is 2.96. The van der Waals surface area contributed by atoms with Gasteiger partial charge in [-0.15, -0.1) is 0 Å². The van der Waals surface area contributed by atoms with Gasteiger partial charge in [-0.25, -0.2) is 4.68 Å². The standard InChI is InChI=1S/C17H18ClN3O3/c1-17(16(23)24)6-3-7-20(11-17)15(22)12-9-19-21(10-12)14-5-2-4-13(18)8-14/h2,4-5,8-10H,3,6-7,11H2,1H3,(H,23,24). The number of carbonyl (C=O) groups is 2. The molecule has 1 atom stereocenters. The first-order valence-electron chi connectivity index (χ1n) is 7.72. The first-order chi connectivity index (χ1) is 11.4. The number of hydrogen-bond acceptors (Lipinski definition) is 3. The van der Waals surface area contributed by atoms with E-state index in [2.05, 4.69) is 5.10 Å². The van der Waals surface area contributed by atoms with E-state index in [4.69, 9.17) is 11.6 Å². The Morgan fingerprint density at radius 3 is 2.88 bits per heavy atom. The molecule has 1 aromatic carbocycles. The third-order valence-electron chi connectivity index (χ3n) is 4.40. The number of carboxylic acids is 1. The number of hydrogen-bond donors (Lipinski definition) is 1. The molecule has 0 aliphatic carbocycles. The third-order valence-corrected chi connectivity index (χ3v) is 4.64.